The van der Waals surface area contributed by atoms with Crippen molar-refractivity contribution >= 4 is 0 Å². The number of aromatic nitrogens is 1. The van der Waals surface area contributed by atoms with E-state index in [1.165, 1.54) is 17.6 Å². The van der Waals surface area contributed by atoms with Crippen LogP contribution in [0, 0.1) is 0 Å². The van der Waals surface area contributed by atoms with Crippen LogP contribution < -0.4 is 0 Å². The van der Waals surface area contributed by atoms with Crippen LogP contribution in [0.1, 0.15) is 31.7 Å². The number of rotatable bonds is 1. The Morgan fingerprint density at radius 1 is 1.33 bits per heavy atom. The predicted molar refractivity (Wildman–Crippen MR) is 50.0 cm³/mol. The maximum absolute atomic E-state index is 4.01. The first kappa shape index (κ1) is 7.53. The second kappa shape index (κ2) is 2.74. The molecule has 12 heavy (non-hydrogen) atoms. The lowest BCUT2D eigenvalue weighted by Gasteiger charge is -1.94. The molecule has 2 rings (SSSR count). The summed E-state index contributed by atoms with van der Waals surface area (Å²) in [6.07, 6.45) is 5.00. The first-order valence-corrected chi connectivity index (χ1v) is 4.35. The summed E-state index contributed by atoms with van der Waals surface area (Å²) in [4.78, 5) is 4.01. The molecule has 1 aromatic heterocycles. The van der Waals surface area contributed by atoms with Gasteiger partial charge in [0.1, 0.15) is 0 Å². The molecule has 1 aromatic rings. The van der Waals surface area contributed by atoms with Crippen molar-refractivity contribution in [2.24, 2.45) is 0 Å². The molecule has 1 fully saturated rings. The standard InChI is InChI=1S/C11H13N/c1-8(2)10-7-11(10)9-3-5-12-6-4-9/h3-6,11H,7H2,1-2H3. The zero-order valence-corrected chi connectivity index (χ0v) is 7.54. The van der Waals surface area contributed by atoms with Gasteiger partial charge >= 0.3 is 0 Å². The van der Waals surface area contributed by atoms with Crippen LogP contribution in [-0.2, 0) is 0 Å². The van der Waals surface area contributed by atoms with E-state index >= 15 is 0 Å². The van der Waals surface area contributed by atoms with Gasteiger partial charge in [-0.3, -0.25) is 4.98 Å². The quantitative estimate of drug-likeness (QED) is 0.574. The first-order chi connectivity index (χ1) is 5.79. The highest BCUT2D eigenvalue weighted by atomic mass is 14.6. The van der Waals surface area contributed by atoms with Crippen LogP contribution in [0.4, 0.5) is 0 Å². The molecule has 0 amide bonds. The van der Waals surface area contributed by atoms with E-state index in [-0.39, 0.29) is 0 Å². The van der Waals surface area contributed by atoms with E-state index in [4.69, 9.17) is 0 Å². The fourth-order valence-electron chi connectivity index (χ4n) is 1.63. The molecular formula is C11H13N. The normalized spacial score (nSPS) is 20.8. The zero-order chi connectivity index (χ0) is 8.55. The number of pyridine rings is 1. The summed E-state index contributed by atoms with van der Waals surface area (Å²) in [5, 5.41) is 0. The van der Waals surface area contributed by atoms with Gasteiger partial charge in [0.15, 0.2) is 0 Å². The van der Waals surface area contributed by atoms with E-state index in [1.54, 1.807) is 5.57 Å². The Balaban J connectivity index is 2.22. The van der Waals surface area contributed by atoms with Gasteiger partial charge in [-0.25, -0.2) is 0 Å². The summed E-state index contributed by atoms with van der Waals surface area (Å²) in [6, 6.07) is 4.22. The Morgan fingerprint density at radius 2 is 2.00 bits per heavy atom. The summed E-state index contributed by atoms with van der Waals surface area (Å²) in [5.74, 6) is 0.706. The largest absolute Gasteiger partial charge is 0.265 e. The molecule has 1 saturated carbocycles. The van der Waals surface area contributed by atoms with Crippen LogP contribution >= 0.6 is 0 Å². The van der Waals surface area contributed by atoms with E-state index in [2.05, 4.69) is 31.0 Å². The van der Waals surface area contributed by atoms with E-state index in [9.17, 15) is 0 Å². The summed E-state index contributed by atoms with van der Waals surface area (Å²) in [6.45, 7) is 4.38. The molecule has 1 aliphatic carbocycles. The van der Waals surface area contributed by atoms with Crippen LogP contribution in [0.25, 0.3) is 0 Å². The average Bonchev–Trinajstić information content (AvgIpc) is 2.84. The maximum Gasteiger partial charge on any atom is 0.0270 e. The predicted octanol–water partition coefficient (Wildman–Crippen LogP) is 2.91. The molecule has 1 heteroatoms. The topological polar surface area (TPSA) is 12.9 Å². The molecule has 0 bridgehead atoms. The van der Waals surface area contributed by atoms with Crippen molar-refractivity contribution in [1.82, 2.24) is 4.98 Å². The number of nitrogens with zero attached hydrogens (tertiary/aromatic N) is 1. The molecular weight excluding hydrogens is 146 g/mol. The van der Waals surface area contributed by atoms with E-state index in [1.807, 2.05) is 12.4 Å². The monoisotopic (exact) mass is 159 g/mol. The zero-order valence-electron chi connectivity index (χ0n) is 7.54. The molecule has 1 heterocycles. The third-order valence-electron chi connectivity index (χ3n) is 2.44. The third-order valence-corrected chi connectivity index (χ3v) is 2.44. The lowest BCUT2D eigenvalue weighted by molar-refractivity contribution is 1.13. The smallest absolute Gasteiger partial charge is 0.0270 e. The van der Waals surface area contributed by atoms with Gasteiger partial charge in [-0.1, -0.05) is 11.1 Å². The Hall–Kier alpha value is -1.11. The molecule has 0 aliphatic heterocycles. The van der Waals surface area contributed by atoms with Crippen molar-refractivity contribution in [1.29, 1.82) is 0 Å². The van der Waals surface area contributed by atoms with Crippen molar-refractivity contribution < 1.29 is 0 Å². The third kappa shape index (κ3) is 1.27. The highest BCUT2D eigenvalue weighted by molar-refractivity contribution is 5.42. The number of hydrogen-bond acceptors (Lipinski definition) is 1. The molecule has 0 radical (unpaired) electrons. The van der Waals surface area contributed by atoms with Gasteiger partial charge in [0.25, 0.3) is 0 Å². The molecule has 0 aromatic carbocycles. The fourth-order valence-corrected chi connectivity index (χ4v) is 1.63. The minimum absolute atomic E-state index is 0.706. The second-order valence-electron chi connectivity index (χ2n) is 3.56. The molecule has 62 valence electrons. The van der Waals surface area contributed by atoms with Crippen LogP contribution in [0.15, 0.2) is 35.7 Å². The van der Waals surface area contributed by atoms with Gasteiger partial charge in [-0.05, 0) is 38.0 Å². The lowest BCUT2D eigenvalue weighted by Crippen LogP contribution is -1.78. The van der Waals surface area contributed by atoms with Crippen LogP contribution in [-0.4, -0.2) is 4.98 Å². The molecule has 0 spiro atoms. The molecule has 1 nitrogen and oxygen atoms in total. The Labute approximate surface area is 73.1 Å². The molecule has 1 aliphatic rings. The van der Waals surface area contributed by atoms with Crippen LogP contribution in [0.5, 0.6) is 0 Å². The van der Waals surface area contributed by atoms with Gasteiger partial charge in [0.05, 0.1) is 0 Å². The summed E-state index contributed by atoms with van der Waals surface area (Å²) in [7, 11) is 0. The van der Waals surface area contributed by atoms with Crippen molar-refractivity contribution in [3.05, 3.63) is 41.2 Å². The summed E-state index contributed by atoms with van der Waals surface area (Å²) >= 11 is 0. The number of hydrogen-bond donors (Lipinski definition) is 0. The molecule has 0 N–H and O–H groups in total. The number of allylic oxidation sites excluding steroid dienone is 2. The van der Waals surface area contributed by atoms with Crippen LogP contribution in [0.2, 0.25) is 0 Å². The minimum Gasteiger partial charge on any atom is -0.265 e. The van der Waals surface area contributed by atoms with Gasteiger partial charge in [0.2, 0.25) is 0 Å². The molecule has 1 unspecified atom stereocenters. The Kier molecular flexibility index (Phi) is 1.72. The van der Waals surface area contributed by atoms with Gasteiger partial charge in [0, 0.05) is 18.3 Å². The van der Waals surface area contributed by atoms with E-state index in [0.29, 0.717) is 5.92 Å². The van der Waals surface area contributed by atoms with E-state index in [0.717, 1.165) is 0 Å². The minimum atomic E-state index is 0.706. The van der Waals surface area contributed by atoms with Gasteiger partial charge in [-0.15, -0.1) is 0 Å². The van der Waals surface area contributed by atoms with Gasteiger partial charge < -0.3 is 0 Å². The second-order valence-corrected chi connectivity index (χ2v) is 3.56. The van der Waals surface area contributed by atoms with Gasteiger partial charge in [-0.2, -0.15) is 0 Å². The van der Waals surface area contributed by atoms with Crippen molar-refractivity contribution in [3.63, 3.8) is 0 Å². The van der Waals surface area contributed by atoms with Crippen molar-refractivity contribution in [3.8, 4) is 0 Å². The van der Waals surface area contributed by atoms with Crippen LogP contribution in [0.3, 0.4) is 0 Å². The maximum atomic E-state index is 4.01. The lowest BCUT2D eigenvalue weighted by atomic mass is 10.1. The average molecular weight is 159 g/mol. The fraction of sp³-hybridized carbons (Fsp3) is 0.364. The summed E-state index contributed by atoms with van der Waals surface area (Å²) < 4.78 is 0. The van der Waals surface area contributed by atoms with Crippen molar-refractivity contribution in [2.75, 3.05) is 0 Å². The molecule has 0 saturated heterocycles. The Bertz CT molecular complexity index is 307. The molecule has 1 atom stereocenters. The SMILES string of the molecule is CC(C)=C1CC1c1ccncc1. The summed E-state index contributed by atoms with van der Waals surface area (Å²) in [5.41, 5.74) is 4.51. The highest BCUT2D eigenvalue weighted by Crippen LogP contribution is 2.48. The Morgan fingerprint density at radius 3 is 2.50 bits per heavy atom. The van der Waals surface area contributed by atoms with Crippen molar-refractivity contribution in [2.45, 2.75) is 26.2 Å². The highest BCUT2D eigenvalue weighted by Gasteiger charge is 2.31. The van der Waals surface area contributed by atoms with E-state index < -0.39 is 0 Å². The first-order valence-electron chi connectivity index (χ1n) is 4.35.